The highest BCUT2D eigenvalue weighted by molar-refractivity contribution is 6.29. The average Bonchev–Trinajstić information content (AvgIpc) is 3.02. The number of carbonyl (C=O) groups is 1. The number of benzene rings is 1. The van der Waals surface area contributed by atoms with E-state index in [1.807, 2.05) is 6.07 Å². The van der Waals surface area contributed by atoms with Gasteiger partial charge in [0, 0.05) is 36.6 Å². The largest absolute Gasteiger partial charge is 0.383 e. The molecule has 1 fully saturated rings. The summed E-state index contributed by atoms with van der Waals surface area (Å²) >= 11 is 6.01. The number of primary amides is 1. The van der Waals surface area contributed by atoms with E-state index in [0.717, 1.165) is 37.3 Å². The number of anilines is 1. The second-order valence-electron chi connectivity index (χ2n) is 6.44. The molecule has 3 rings (SSSR count). The molecule has 0 aliphatic carbocycles. The third-order valence-corrected chi connectivity index (χ3v) is 4.78. The van der Waals surface area contributed by atoms with Crippen molar-refractivity contribution in [3.63, 3.8) is 0 Å². The molecule has 1 aromatic heterocycles. The van der Waals surface area contributed by atoms with E-state index in [1.54, 1.807) is 12.3 Å². The first kappa shape index (κ1) is 17.7. The molecule has 2 aromatic rings. The van der Waals surface area contributed by atoms with Crippen LogP contribution in [0.3, 0.4) is 0 Å². The Kier molecular flexibility index (Phi) is 5.89. The van der Waals surface area contributed by atoms with Gasteiger partial charge in [0.25, 0.3) is 0 Å². The van der Waals surface area contributed by atoms with Gasteiger partial charge in [0.15, 0.2) is 0 Å². The number of likely N-dealkylation sites (tertiary alicyclic amines) is 1. The molecule has 1 aromatic carbocycles. The second kappa shape index (κ2) is 8.32. The summed E-state index contributed by atoms with van der Waals surface area (Å²) in [5, 5.41) is 3.85. The van der Waals surface area contributed by atoms with E-state index in [0.29, 0.717) is 11.2 Å². The van der Waals surface area contributed by atoms with Crippen LogP contribution in [-0.2, 0) is 17.8 Å². The van der Waals surface area contributed by atoms with E-state index in [1.165, 1.54) is 12.0 Å². The van der Waals surface area contributed by atoms with Crippen molar-refractivity contribution in [3.8, 4) is 0 Å². The van der Waals surface area contributed by atoms with Gasteiger partial charge in [-0.25, -0.2) is 4.98 Å². The fourth-order valence-corrected chi connectivity index (χ4v) is 3.49. The molecule has 1 aliphatic heterocycles. The van der Waals surface area contributed by atoms with Crippen molar-refractivity contribution in [2.45, 2.75) is 31.8 Å². The first-order valence-electron chi connectivity index (χ1n) is 8.56. The highest BCUT2D eigenvalue weighted by Gasteiger charge is 2.24. The summed E-state index contributed by atoms with van der Waals surface area (Å²) in [7, 11) is 0. The molecule has 0 spiro atoms. The van der Waals surface area contributed by atoms with Crippen molar-refractivity contribution in [1.82, 2.24) is 9.88 Å². The van der Waals surface area contributed by atoms with Crippen molar-refractivity contribution in [3.05, 3.63) is 58.9 Å². The lowest BCUT2D eigenvalue weighted by atomic mass is 10.1. The highest BCUT2D eigenvalue weighted by Crippen LogP contribution is 2.23. The van der Waals surface area contributed by atoms with Crippen LogP contribution in [0.4, 0.5) is 5.69 Å². The van der Waals surface area contributed by atoms with Crippen molar-refractivity contribution in [2.24, 2.45) is 5.73 Å². The third-order valence-electron chi connectivity index (χ3n) is 4.57. The van der Waals surface area contributed by atoms with Crippen LogP contribution in [0.15, 0.2) is 42.6 Å². The number of amides is 1. The van der Waals surface area contributed by atoms with E-state index in [9.17, 15) is 4.79 Å². The van der Waals surface area contributed by atoms with Crippen LogP contribution in [-0.4, -0.2) is 34.9 Å². The van der Waals surface area contributed by atoms with Gasteiger partial charge < -0.3 is 11.1 Å². The maximum atomic E-state index is 11.2. The molecule has 132 valence electrons. The maximum Gasteiger partial charge on any atom is 0.221 e. The summed E-state index contributed by atoms with van der Waals surface area (Å²) in [5.74, 6) is -0.376. The summed E-state index contributed by atoms with van der Waals surface area (Å²) in [5.41, 5.74) is 8.27. The highest BCUT2D eigenvalue weighted by atomic mass is 35.5. The molecule has 1 unspecified atom stereocenters. The minimum atomic E-state index is -0.376. The molecular formula is C19H23ClN4O. The van der Waals surface area contributed by atoms with E-state index in [2.05, 4.69) is 39.5 Å². The Morgan fingerprint density at radius 3 is 2.92 bits per heavy atom. The van der Waals surface area contributed by atoms with Crippen LogP contribution in [0, 0.1) is 0 Å². The predicted octanol–water partition coefficient (Wildman–Crippen LogP) is 2.84. The summed E-state index contributed by atoms with van der Waals surface area (Å²) in [6, 6.07) is 12.7. The molecule has 0 radical (unpaired) electrons. The van der Waals surface area contributed by atoms with Crippen LogP contribution >= 0.6 is 11.6 Å². The Labute approximate surface area is 153 Å². The molecule has 5 nitrogen and oxygen atoms in total. The van der Waals surface area contributed by atoms with Gasteiger partial charge in [0.05, 0.1) is 6.42 Å². The van der Waals surface area contributed by atoms with Gasteiger partial charge in [-0.3, -0.25) is 9.69 Å². The van der Waals surface area contributed by atoms with Crippen LogP contribution in [0.25, 0.3) is 0 Å². The number of hydrogen-bond acceptors (Lipinski definition) is 4. The van der Waals surface area contributed by atoms with E-state index < -0.39 is 0 Å². The Hall–Kier alpha value is -2.11. The van der Waals surface area contributed by atoms with Crippen molar-refractivity contribution in [1.29, 1.82) is 0 Å². The van der Waals surface area contributed by atoms with Crippen LogP contribution < -0.4 is 11.1 Å². The number of nitrogens with one attached hydrogen (secondary N) is 1. The van der Waals surface area contributed by atoms with Gasteiger partial charge in [0.1, 0.15) is 5.15 Å². The normalized spacial score (nSPS) is 17.6. The predicted molar refractivity (Wildman–Crippen MR) is 101 cm³/mol. The maximum absolute atomic E-state index is 11.2. The zero-order chi connectivity index (χ0) is 17.6. The molecular weight excluding hydrogens is 336 g/mol. The number of pyridine rings is 1. The molecule has 1 amide bonds. The smallest absolute Gasteiger partial charge is 0.221 e. The first-order chi connectivity index (χ1) is 12.1. The van der Waals surface area contributed by atoms with Gasteiger partial charge in [-0.2, -0.15) is 0 Å². The number of halogens is 1. The van der Waals surface area contributed by atoms with Crippen LogP contribution in [0.5, 0.6) is 0 Å². The molecule has 2 heterocycles. The van der Waals surface area contributed by atoms with Crippen LogP contribution in [0.1, 0.15) is 24.0 Å². The second-order valence-corrected chi connectivity index (χ2v) is 6.83. The number of nitrogens with zero attached hydrogens (tertiary/aromatic N) is 2. The summed E-state index contributed by atoms with van der Waals surface area (Å²) in [6.45, 7) is 2.86. The number of rotatable bonds is 7. The molecule has 1 saturated heterocycles. The molecule has 3 N–H and O–H groups in total. The fraction of sp³-hybridized carbons (Fsp3) is 0.368. The minimum Gasteiger partial charge on any atom is -0.383 e. The fourth-order valence-electron chi connectivity index (χ4n) is 3.33. The Bertz CT molecular complexity index is 723. The topological polar surface area (TPSA) is 71.2 Å². The monoisotopic (exact) mass is 358 g/mol. The zero-order valence-electron chi connectivity index (χ0n) is 14.1. The Morgan fingerprint density at radius 1 is 1.36 bits per heavy atom. The lowest BCUT2D eigenvalue weighted by molar-refractivity contribution is -0.117. The number of aromatic nitrogens is 1. The molecule has 25 heavy (non-hydrogen) atoms. The van der Waals surface area contributed by atoms with E-state index in [-0.39, 0.29) is 12.3 Å². The van der Waals surface area contributed by atoms with Gasteiger partial charge in [-0.05, 0) is 31.0 Å². The quantitative estimate of drug-likeness (QED) is 0.746. The molecule has 1 aliphatic rings. The lowest BCUT2D eigenvalue weighted by Gasteiger charge is -2.25. The molecule has 1 atom stereocenters. The molecule has 0 saturated carbocycles. The average molecular weight is 359 g/mol. The Morgan fingerprint density at radius 2 is 2.16 bits per heavy atom. The van der Waals surface area contributed by atoms with Crippen molar-refractivity contribution < 1.29 is 4.79 Å². The van der Waals surface area contributed by atoms with Gasteiger partial charge >= 0.3 is 0 Å². The number of nitrogens with two attached hydrogens (primary N) is 1. The minimum absolute atomic E-state index is 0.158. The first-order valence-corrected chi connectivity index (χ1v) is 8.94. The number of hydrogen-bond donors (Lipinski definition) is 2. The van der Waals surface area contributed by atoms with E-state index in [4.69, 9.17) is 17.3 Å². The van der Waals surface area contributed by atoms with Crippen LogP contribution in [0.2, 0.25) is 5.15 Å². The SMILES string of the molecule is NC(=O)Cc1cnc(Cl)cc1NCC1CCCN1Cc1ccccc1. The molecule has 0 bridgehead atoms. The lowest BCUT2D eigenvalue weighted by Crippen LogP contribution is -2.34. The van der Waals surface area contributed by atoms with Gasteiger partial charge in [-0.15, -0.1) is 0 Å². The standard InChI is InChI=1S/C19H23ClN4O/c20-18-10-17(15(11-23-18)9-19(21)25)22-12-16-7-4-8-24(16)13-14-5-2-1-3-6-14/h1-3,5-6,10-11,16H,4,7-9,12-13H2,(H2,21,25)(H,22,23). The zero-order valence-corrected chi connectivity index (χ0v) is 14.9. The van der Waals surface area contributed by atoms with E-state index >= 15 is 0 Å². The van der Waals surface area contributed by atoms with Crippen molar-refractivity contribution in [2.75, 3.05) is 18.4 Å². The van der Waals surface area contributed by atoms with Gasteiger partial charge in [0.2, 0.25) is 5.91 Å². The van der Waals surface area contributed by atoms with Gasteiger partial charge in [-0.1, -0.05) is 41.9 Å². The third kappa shape index (κ3) is 4.94. The van der Waals surface area contributed by atoms with Crippen molar-refractivity contribution >= 4 is 23.2 Å². The number of carbonyl (C=O) groups excluding carboxylic acids is 1. The summed E-state index contributed by atoms with van der Waals surface area (Å²) in [4.78, 5) is 17.8. The Balaban J connectivity index is 1.64. The summed E-state index contributed by atoms with van der Waals surface area (Å²) in [6.07, 6.45) is 4.13. The summed E-state index contributed by atoms with van der Waals surface area (Å²) < 4.78 is 0. The molecule has 6 heteroatoms.